The number of hydrogen-bond donors (Lipinski definition) is 3. The van der Waals surface area contributed by atoms with E-state index in [-0.39, 0.29) is 35.7 Å². The number of anilines is 3. The van der Waals surface area contributed by atoms with Crippen molar-refractivity contribution < 1.29 is 31.4 Å². The number of aliphatic hydroxyl groups excluding tert-OH is 1. The molecule has 3 rings (SSSR count). The first-order valence-electron chi connectivity index (χ1n) is 9.27. The van der Waals surface area contributed by atoms with Crippen molar-refractivity contribution in [2.75, 3.05) is 17.2 Å². The smallest absolute Gasteiger partial charge is 0.394 e. The van der Waals surface area contributed by atoms with Crippen LogP contribution in [0.25, 0.3) is 11.5 Å². The summed E-state index contributed by atoms with van der Waals surface area (Å²) >= 11 is 0. The molecule has 0 amide bonds. The summed E-state index contributed by atoms with van der Waals surface area (Å²) in [5.41, 5.74) is -3.59. The summed E-state index contributed by atoms with van der Waals surface area (Å²) in [6, 6.07) is 5.07. The van der Waals surface area contributed by atoms with Gasteiger partial charge in [0.15, 0.2) is 5.82 Å². The molecule has 0 saturated carbocycles. The van der Waals surface area contributed by atoms with E-state index in [2.05, 4.69) is 35.6 Å². The molecule has 0 saturated heterocycles. The van der Waals surface area contributed by atoms with Crippen LogP contribution in [0.15, 0.2) is 36.5 Å². The van der Waals surface area contributed by atoms with Crippen molar-refractivity contribution in [2.24, 2.45) is 0 Å². The molecule has 0 atom stereocenters. The molecule has 0 aliphatic carbocycles. The van der Waals surface area contributed by atoms with E-state index in [9.17, 15) is 31.4 Å². The molecule has 0 radical (unpaired) electrons. The first-order chi connectivity index (χ1) is 15.3. The van der Waals surface area contributed by atoms with E-state index >= 15 is 0 Å². The van der Waals surface area contributed by atoms with E-state index in [1.54, 1.807) is 13.8 Å². The van der Waals surface area contributed by atoms with Gasteiger partial charge in [-0.25, -0.2) is 4.98 Å². The Hall–Kier alpha value is -3.55. The van der Waals surface area contributed by atoms with Gasteiger partial charge in [-0.3, -0.25) is 4.98 Å². The molecule has 0 bridgehead atoms. The molecule has 0 aliphatic rings. The van der Waals surface area contributed by atoms with E-state index < -0.39 is 29.3 Å². The summed E-state index contributed by atoms with van der Waals surface area (Å²) in [7, 11) is 0. The van der Waals surface area contributed by atoms with Crippen LogP contribution in [0.3, 0.4) is 0 Å². The largest absolute Gasteiger partial charge is 0.433 e. The Kier molecular flexibility index (Phi) is 6.40. The van der Waals surface area contributed by atoms with Crippen LogP contribution in [0.5, 0.6) is 0 Å². The van der Waals surface area contributed by atoms with Crippen molar-refractivity contribution >= 4 is 17.6 Å². The molecule has 8 nitrogen and oxygen atoms in total. The Morgan fingerprint density at radius 3 is 2.15 bits per heavy atom. The fourth-order valence-electron chi connectivity index (χ4n) is 2.45. The number of nitrogens with zero attached hydrogens (tertiary/aromatic N) is 5. The molecule has 3 heterocycles. The van der Waals surface area contributed by atoms with Gasteiger partial charge in [0.05, 0.1) is 12.1 Å². The van der Waals surface area contributed by atoms with Gasteiger partial charge in [-0.15, -0.1) is 0 Å². The van der Waals surface area contributed by atoms with Crippen molar-refractivity contribution in [1.29, 1.82) is 0 Å². The summed E-state index contributed by atoms with van der Waals surface area (Å²) in [6.07, 6.45) is -8.48. The molecule has 3 aromatic heterocycles. The summed E-state index contributed by atoms with van der Waals surface area (Å²) in [4.78, 5) is 18.9. The van der Waals surface area contributed by atoms with Crippen LogP contribution in [0.1, 0.15) is 25.2 Å². The highest BCUT2D eigenvalue weighted by Crippen LogP contribution is 2.31. The van der Waals surface area contributed by atoms with Gasteiger partial charge in [0.25, 0.3) is 0 Å². The first-order valence-corrected chi connectivity index (χ1v) is 9.27. The number of halogens is 6. The lowest BCUT2D eigenvalue weighted by atomic mass is 10.1. The third-order valence-electron chi connectivity index (χ3n) is 4.06. The Morgan fingerprint density at radius 2 is 1.52 bits per heavy atom. The monoisotopic (exact) mass is 473 g/mol. The molecule has 0 fully saturated rings. The SMILES string of the molecule is CC(C)(CO)Nc1nc(Nc2ccnc(C(F)(F)F)c2)nc(-c2cccc(C(F)(F)F)n2)n1. The van der Waals surface area contributed by atoms with Gasteiger partial charge in [-0.1, -0.05) is 6.07 Å². The second-order valence-corrected chi connectivity index (χ2v) is 7.43. The molecule has 176 valence electrons. The predicted molar refractivity (Wildman–Crippen MR) is 105 cm³/mol. The zero-order valence-electron chi connectivity index (χ0n) is 17.1. The molecule has 0 aliphatic heterocycles. The number of rotatable bonds is 6. The average molecular weight is 473 g/mol. The van der Waals surface area contributed by atoms with Crippen LogP contribution in [0.2, 0.25) is 0 Å². The third-order valence-corrected chi connectivity index (χ3v) is 4.06. The number of alkyl halides is 6. The van der Waals surface area contributed by atoms with Crippen LogP contribution in [0.4, 0.5) is 43.9 Å². The Labute approximate surface area is 183 Å². The van der Waals surface area contributed by atoms with E-state index in [1.165, 1.54) is 12.1 Å². The van der Waals surface area contributed by atoms with Crippen LogP contribution in [0, 0.1) is 0 Å². The van der Waals surface area contributed by atoms with E-state index in [0.717, 1.165) is 24.4 Å². The van der Waals surface area contributed by atoms with Crippen LogP contribution in [-0.4, -0.2) is 42.2 Å². The second-order valence-electron chi connectivity index (χ2n) is 7.43. The molecular formula is C19H17F6N7O. The van der Waals surface area contributed by atoms with Gasteiger partial charge in [-0.05, 0) is 38.1 Å². The summed E-state index contributed by atoms with van der Waals surface area (Å²) < 4.78 is 78.0. The summed E-state index contributed by atoms with van der Waals surface area (Å²) in [6.45, 7) is 2.85. The lowest BCUT2D eigenvalue weighted by Crippen LogP contribution is -2.35. The minimum Gasteiger partial charge on any atom is -0.394 e. The summed E-state index contributed by atoms with van der Waals surface area (Å²) in [5, 5.41) is 14.8. The molecule has 0 spiro atoms. The zero-order chi connectivity index (χ0) is 24.4. The number of hydrogen-bond acceptors (Lipinski definition) is 8. The summed E-state index contributed by atoms with van der Waals surface area (Å²) in [5.74, 6) is -0.694. The number of aliphatic hydroxyl groups is 1. The van der Waals surface area contributed by atoms with Crippen molar-refractivity contribution in [3.05, 3.63) is 47.9 Å². The maximum Gasteiger partial charge on any atom is 0.433 e. The lowest BCUT2D eigenvalue weighted by molar-refractivity contribution is -0.141. The van der Waals surface area contributed by atoms with Crippen molar-refractivity contribution in [3.63, 3.8) is 0 Å². The van der Waals surface area contributed by atoms with Gasteiger partial charge in [0, 0.05) is 11.9 Å². The average Bonchev–Trinajstić information content (AvgIpc) is 2.72. The highest BCUT2D eigenvalue weighted by atomic mass is 19.4. The van der Waals surface area contributed by atoms with Crippen molar-refractivity contribution in [2.45, 2.75) is 31.7 Å². The van der Waals surface area contributed by atoms with Gasteiger partial charge < -0.3 is 15.7 Å². The number of aromatic nitrogens is 5. The van der Waals surface area contributed by atoms with E-state index in [1.807, 2.05) is 0 Å². The second kappa shape index (κ2) is 8.77. The fraction of sp³-hybridized carbons (Fsp3) is 0.316. The highest BCUT2D eigenvalue weighted by molar-refractivity contribution is 5.59. The molecular weight excluding hydrogens is 456 g/mol. The molecule has 0 unspecified atom stereocenters. The molecule has 0 aromatic carbocycles. The maximum absolute atomic E-state index is 13.1. The lowest BCUT2D eigenvalue weighted by Gasteiger charge is -2.23. The fourth-order valence-corrected chi connectivity index (χ4v) is 2.45. The molecule has 3 aromatic rings. The molecule has 33 heavy (non-hydrogen) atoms. The number of nitrogens with one attached hydrogen (secondary N) is 2. The normalized spacial score (nSPS) is 12.5. The third kappa shape index (κ3) is 6.25. The van der Waals surface area contributed by atoms with E-state index in [4.69, 9.17) is 0 Å². The highest BCUT2D eigenvalue weighted by Gasteiger charge is 2.33. The van der Waals surface area contributed by atoms with Crippen molar-refractivity contribution in [1.82, 2.24) is 24.9 Å². The van der Waals surface area contributed by atoms with Gasteiger partial charge in [0.2, 0.25) is 11.9 Å². The van der Waals surface area contributed by atoms with Gasteiger partial charge in [-0.2, -0.15) is 41.3 Å². The van der Waals surface area contributed by atoms with Crippen LogP contribution in [-0.2, 0) is 12.4 Å². The molecule has 14 heteroatoms. The van der Waals surface area contributed by atoms with Gasteiger partial charge in [0.1, 0.15) is 17.1 Å². The van der Waals surface area contributed by atoms with Crippen molar-refractivity contribution in [3.8, 4) is 11.5 Å². The Bertz CT molecular complexity index is 1130. The number of pyridine rings is 2. The predicted octanol–water partition coefficient (Wildman–Crippen LogP) is 4.29. The minimum atomic E-state index is -4.71. The maximum atomic E-state index is 13.1. The zero-order valence-corrected chi connectivity index (χ0v) is 17.1. The first kappa shape index (κ1) is 24.1. The minimum absolute atomic E-state index is 0.0705. The van der Waals surface area contributed by atoms with Crippen LogP contribution < -0.4 is 10.6 Å². The standard InChI is InChI=1S/C19H17F6N7O/c1-17(2,9-33)32-16-30-14(11-4-3-5-12(28-11)18(20,21)22)29-15(31-16)27-10-6-7-26-13(8-10)19(23,24)25/h3-8,33H,9H2,1-2H3,(H2,26,27,29,30,31,32). The topological polar surface area (TPSA) is 109 Å². The van der Waals surface area contributed by atoms with Crippen LogP contribution >= 0.6 is 0 Å². The Balaban J connectivity index is 2.06. The van der Waals surface area contributed by atoms with Gasteiger partial charge >= 0.3 is 12.4 Å². The van der Waals surface area contributed by atoms with E-state index in [0.29, 0.717) is 0 Å². The quantitative estimate of drug-likeness (QED) is 0.455. The molecule has 3 N–H and O–H groups in total. The Morgan fingerprint density at radius 1 is 0.848 bits per heavy atom.